The maximum atomic E-state index is 5.12. The SMILES string of the molecule is COc1ccc(NCc2cnc(N(C)C)nc2)cc1. The van der Waals surface area contributed by atoms with Gasteiger partial charge in [-0.1, -0.05) is 0 Å². The van der Waals surface area contributed by atoms with Crippen molar-refractivity contribution in [3.63, 3.8) is 0 Å². The minimum Gasteiger partial charge on any atom is -0.497 e. The van der Waals surface area contributed by atoms with Crippen LogP contribution in [0.15, 0.2) is 36.7 Å². The van der Waals surface area contributed by atoms with Gasteiger partial charge in [0.05, 0.1) is 7.11 Å². The van der Waals surface area contributed by atoms with Gasteiger partial charge in [0.2, 0.25) is 5.95 Å². The van der Waals surface area contributed by atoms with Gasteiger partial charge in [-0.2, -0.15) is 0 Å². The molecule has 0 atom stereocenters. The van der Waals surface area contributed by atoms with Crippen LogP contribution in [0.2, 0.25) is 0 Å². The lowest BCUT2D eigenvalue weighted by Gasteiger charge is -2.10. The average Bonchev–Trinajstić information content (AvgIpc) is 2.46. The number of benzene rings is 1. The second-order valence-corrected chi connectivity index (χ2v) is 4.37. The monoisotopic (exact) mass is 258 g/mol. The van der Waals surface area contributed by atoms with Crippen molar-refractivity contribution >= 4 is 11.6 Å². The normalized spacial score (nSPS) is 10.1. The van der Waals surface area contributed by atoms with Gasteiger partial charge in [0, 0.05) is 44.3 Å². The average molecular weight is 258 g/mol. The van der Waals surface area contributed by atoms with E-state index in [0.717, 1.165) is 17.0 Å². The Labute approximate surface area is 113 Å². The Morgan fingerprint density at radius 1 is 1.11 bits per heavy atom. The highest BCUT2D eigenvalue weighted by atomic mass is 16.5. The summed E-state index contributed by atoms with van der Waals surface area (Å²) in [6.07, 6.45) is 3.66. The Kier molecular flexibility index (Phi) is 4.18. The summed E-state index contributed by atoms with van der Waals surface area (Å²) in [7, 11) is 5.50. The predicted molar refractivity (Wildman–Crippen MR) is 76.7 cm³/mol. The largest absolute Gasteiger partial charge is 0.497 e. The molecule has 0 aliphatic carbocycles. The highest BCUT2D eigenvalue weighted by Gasteiger charge is 2.00. The summed E-state index contributed by atoms with van der Waals surface area (Å²) in [6.45, 7) is 0.694. The molecule has 0 aliphatic heterocycles. The van der Waals surface area contributed by atoms with Gasteiger partial charge < -0.3 is 15.0 Å². The number of rotatable bonds is 5. The van der Waals surface area contributed by atoms with Crippen LogP contribution in [0.1, 0.15) is 5.56 Å². The second kappa shape index (κ2) is 6.04. The maximum Gasteiger partial charge on any atom is 0.224 e. The van der Waals surface area contributed by atoms with E-state index in [4.69, 9.17) is 4.74 Å². The van der Waals surface area contributed by atoms with E-state index in [1.54, 1.807) is 7.11 Å². The molecular formula is C14H18N4O. The van der Waals surface area contributed by atoms with Crippen molar-refractivity contribution in [3.05, 3.63) is 42.2 Å². The highest BCUT2D eigenvalue weighted by molar-refractivity contribution is 5.46. The molecule has 2 rings (SSSR count). The highest BCUT2D eigenvalue weighted by Crippen LogP contribution is 2.15. The molecule has 5 heteroatoms. The molecule has 0 radical (unpaired) electrons. The van der Waals surface area contributed by atoms with Gasteiger partial charge in [0.1, 0.15) is 5.75 Å². The molecule has 0 fully saturated rings. The quantitative estimate of drug-likeness (QED) is 0.890. The number of ether oxygens (including phenoxy) is 1. The molecular weight excluding hydrogens is 240 g/mol. The number of nitrogens with one attached hydrogen (secondary N) is 1. The summed E-state index contributed by atoms with van der Waals surface area (Å²) in [5, 5.41) is 3.31. The Balaban J connectivity index is 1.94. The van der Waals surface area contributed by atoms with E-state index in [2.05, 4.69) is 15.3 Å². The van der Waals surface area contributed by atoms with Crippen LogP contribution in [0.4, 0.5) is 11.6 Å². The summed E-state index contributed by atoms with van der Waals surface area (Å²) >= 11 is 0. The lowest BCUT2D eigenvalue weighted by Crippen LogP contribution is -2.13. The van der Waals surface area contributed by atoms with Gasteiger partial charge in [-0.25, -0.2) is 9.97 Å². The van der Waals surface area contributed by atoms with Crippen LogP contribution in [0, 0.1) is 0 Å². The molecule has 100 valence electrons. The molecule has 1 aromatic carbocycles. The first-order valence-corrected chi connectivity index (χ1v) is 6.05. The van der Waals surface area contributed by atoms with Crippen LogP contribution >= 0.6 is 0 Å². The summed E-state index contributed by atoms with van der Waals surface area (Å²) in [4.78, 5) is 10.4. The molecule has 1 heterocycles. The number of anilines is 2. The van der Waals surface area contributed by atoms with E-state index < -0.39 is 0 Å². The first kappa shape index (κ1) is 13.1. The minimum atomic E-state index is 0.694. The summed E-state index contributed by atoms with van der Waals surface area (Å²) in [6, 6.07) is 7.81. The van der Waals surface area contributed by atoms with Crippen LogP contribution in [-0.4, -0.2) is 31.2 Å². The molecule has 5 nitrogen and oxygen atoms in total. The first-order valence-electron chi connectivity index (χ1n) is 6.05. The summed E-state index contributed by atoms with van der Waals surface area (Å²) in [5.41, 5.74) is 2.08. The molecule has 0 unspecified atom stereocenters. The smallest absolute Gasteiger partial charge is 0.224 e. The van der Waals surface area contributed by atoms with Crippen LogP contribution < -0.4 is 15.0 Å². The van der Waals surface area contributed by atoms with Gasteiger partial charge in [-0.05, 0) is 24.3 Å². The Bertz CT molecular complexity index is 508. The molecule has 0 saturated carbocycles. The first-order chi connectivity index (χ1) is 9.19. The van der Waals surface area contributed by atoms with Gasteiger partial charge in [-0.3, -0.25) is 0 Å². The number of methoxy groups -OCH3 is 1. The Morgan fingerprint density at radius 3 is 2.26 bits per heavy atom. The third-order valence-electron chi connectivity index (χ3n) is 2.68. The molecule has 0 saturated heterocycles. The number of nitrogens with zero attached hydrogens (tertiary/aromatic N) is 3. The fourth-order valence-electron chi connectivity index (χ4n) is 1.58. The Morgan fingerprint density at radius 2 is 1.74 bits per heavy atom. The van der Waals surface area contributed by atoms with Crippen LogP contribution in [-0.2, 0) is 6.54 Å². The van der Waals surface area contributed by atoms with Gasteiger partial charge in [0.15, 0.2) is 0 Å². The van der Waals surface area contributed by atoms with E-state index >= 15 is 0 Å². The second-order valence-electron chi connectivity index (χ2n) is 4.37. The molecule has 19 heavy (non-hydrogen) atoms. The molecule has 1 N–H and O–H groups in total. The zero-order valence-electron chi connectivity index (χ0n) is 11.4. The number of hydrogen-bond donors (Lipinski definition) is 1. The number of aromatic nitrogens is 2. The molecule has 0 spiro atoms. The van der Waals surface area contributed by atoms with Crippen LogP contribution in [0.25, 0.3) is 0 Å². The summed E-state index contributed by atoms with van der Waals surface area (Å²) in [5.74, 6) is 1.57. The Hall–Kier alpha value is -2.30. The fourth-order valence-corrected chi connectivity index (χ4v) is 1.58. The molecule has 2 aromatic rings. The van der Waals surface area contributed by atoms with E-state index in [1.807, 2.05) is 55.7 Å². The third kappa shape index (κ3) is 3.58. The third-order valence-corrected chi connectivity index (χ3v) is 2.68. The zero-order valence-corrected chi connectivity index (χ0v) is 11.4. The predicted octanol–water partition coefficient (Wildman–Crippen LogP) is 2.16. The van der Waals surface area contributed by atoms with Crippen molar-refractivity contribution in [2.75, 3.05) is 31.4 Å². The van der Waals surface area contributed by atoms with Gasteiger partial charge >= 0.3 is 0 Å². The van der Waals surface area contributed by atoms with Crippen molar-refractivity contribution in [1.82, 2.24) is 9.97 Å². The lowest BCUT2D eigenvalue weighted by atomic mass is 10.3. The number of hydrogen-bond acceptors (Lipinski definition) is 5. The zero-order chi connectivity index (χ0) is 13.7. The van der Waals surface area contributed by atoms with E-state index in [1.165, 1.54) is 0 Å². The lowest BCUT2D eigenvalue weighted by molar-refractivity contribution is 0.415. The van der Waals surface area contributed by atoms with E-state index in [9.17, 15) is 0 Å². The molecule has 0 aliphatic rings. The van der Waals surface area contributed by atoms with Gasteiger partial charge in [-0.15, -0.1) is 0 Å². The van der Waals surface area contributed by atoms with Crippen molar-refractivity contribution < 1.29 is 4.74 Å². The minimum absolute atomic E-state index is 0.694. The van der Waals surface area contributed by atoms with E-state index in [0.29, 0.717) is 12.5 Å². The molecule has 0 amide bonds. The molecule has 0 bridgehead atoms. The van der Waals surface area contributed by atoms with Crippen molar-refractivity contribution in [1.29, 1.82) is 0 Å². The molecule has 1 aromatic heterocycles. The van der Waals surface area contributed by atoms with Crippen molar-refractivity contribution in [2.45, 2.75) is 6.54 Å². The van der Waals surface area contributed by atoms with Crippen molar-refractivity contribution in [2.24, 2.45) is 0 Å². The van der Waals surface area contributed by atoms with Crippen molar-refractivity contribution in [3.8, 4) is 5.75 Å². The van der Waals surface area contributed by atoms with Crippen LogP contribution in [0.3, 0.4) is 0 Å². The maximum absolute atomic E-state index is 5.12. The standard InChI is InChI=1S/C14H18N4O/c1-18(2)14-16-9-11(10-17-14)8-15-12-4-6-13(19-3)7-5-12/h4-7,9-10,15H,8H2,1-3H3. The summed E-state index contributed by atoms with van der Waals surface area (Å²) < 4.78 is 5.12. The fraction of sp³-hybridized carbons (Fsp3) is 0.286. The topological polar surface area (TPSA) is 50.3 Å². The van der Waals surface area contributed by atoms with E-state index in [-0.39, 0.29) is 0 Å². The van der Waals surface area contributed by atoms with Gasteiger partial charge in [0.25, 0.3) is 0 Å². The van der Waals surface area contributed by atoms with Crippen LogP contribution in [0.5, 0.6) is 5.75 Å².